The Bertz CT molecular complexity index is 807. The first kappa shape index (κ1) is 21.6. The number of epoxide rings is 1. The lowest BCUT2D eigenvalue weighted by Gasteiger charge is -2.59. The van der Waals surface area contributed by atoms with Crippen molar-refractivity contribution in [1.82, 2.24) is 0 Å². The lowest BCUT2D eigenvalue weighted by atomic mass is 9.44. The molecule has 1 N–H and O–H groups in total. The van der Waals surface area contributed by atoms with E-state index in [2.05, 4.69) is 43.6 Å². The third-order valence-corrected chi connectivity index (χ3v) is 13.2. The summed E-state index contributed by atoms with van der Waals surface area (Å²) in [6.07, 6.45) is 9.12. The Hall–Kier alpha value is 0.320. The van der Waals surface area contributed by atoms with Gasteiger partial charge in [-0.05, 0) is 80.0 Å². The van der Waals surface area contributed by atoms with Gasteiger partial charge in [0.1, 0.15) is 0 Å². The fraction of sp³-hybridized carbons (Fsp3) is 1.00. The van der Waals surface area contributed by atoms with Crippen molar-refractivity contribution >= 4 is 15.9 Å². The first-order valence-corrected chi connectivity index (χ1v) is 14.4. The summed E-state index contributed by atoms with van der Waals surface area (Å²) < 4.78 is 20.2. The van der Waals surface area contributed by atoms with Gasteiger partial charge in [0.25, 0.3) is 0 Å². The molecule has 0 radical (unpaired) electrons. The average molecular weight is 510 g/mol. The molecule has 1 unspecified atom stereocenters. The van der Waals surface area contributed by atoms with Crippen molar-refractivity contribution in [2.45, 2.75) is 108 Å². The maximum Gasteiger partial charge on any atom is 0.184 e. The summed E-state index contributed by atoms with van der Waals surface area (Å²) in [6.45, 7) is 10.6. The predicted octanol–water partition coefficient (Wildman–Crippen LogP) is 5.15. The summed E-state index contributed by atoms with van der Waals surface area (Å²) in [5, 5.41) is 10.4. The van der Waals surface area contributed by atoms with Crippen LogP contribution in [0.3, 0.4) is 0 Å². The third-order valence-electron chi connectivity index (χ3n) is 12.1. The summed E-state index contributed by atoms with van der Waals surface area (Å²) >= 11 is 4.00. The van der Waals surface area contributed by atoms with E-state index >= 15 is 0 Å². The van der Waals surface area contributed by atoms with Gasteiger partial charge in [-0.15, -0.1) is 0 Å². The number of aliphatic hydroxyl groups excluding tert-OH is 1. The molecule has 4 nitrogen and oxygen atoms in total. The maximum atomic E-state index is 10.4. The Morgan fingerprint density at radius 3 is 2.59 bits per heavy atom. The SMILES string of the molecule is C[C@H]1CO[C@@]2(O[C@H]3C[C@H]4[C@@H]5CC[C@H]6C[C@@H](O)CC[C@]6(C)[C@H]5[C@H]5O[C@H]5[C@]4(C)[C@H]3[C@@H]2C)C(Br)C1. The number of fused-ring (bicyclic) bond motifs is 10. The second kappa shape index (κ2) is 6.75. The lowest BCUT2D eigenvalue weighted by Crippen LogP contribution is -2.59. The molecule has 0 bridgehead atoms. The molecular weight excluding hydrogens is 468 g/mol. The van der Waals surface area contributed by atoms with Crippen molar-refractivity contribution < 1.29 is 19.3 Å². The van der Waals surface area contributed by atoms with Crippen LogP contribution in [0, 0.1) is 52.3 Å². The van der Waals surface area contributed by atoms with Crippen LogP contribution in [-0.2, 0) is 14.2 Å². The molecule has 3 aliphatic heterocycles. The van der Waals surface area contributed by atoms with E-state index in [0.29, 0.717) is 59.2 Å². The summed E-state index contributed by atoms with van der Waals surface area (Å²) in [6, 6.07) is 0. The zero-order chi connectivity index (χ0) is 22.2. The van der Waals surface area contributed by atoms with E-state index in [1.165, 1.54) is 25.7 Å². The van der Waals surface area contributed by atoms with Crippen LogP contribution in [0.1, 0.15) is 72.6 Å². The fourth-order valence-corrected chi connectivity index (χ4v) is 12.0. The van der Waals surface area contributed by atoms with Crippen LogP contribution in [0.25, 0.3) is 0 Å². The van der Waals surface area contributed by atoms with E-state index in [1.54, 1.807) is 0 Å². The van der Waals surface area contributed by atoms with Gasteiger partial charge in [-0.3, -0.25) is 0 Å². The van der Waals surface area contributed by atoms with Crippen molar-refractivity contribution in [3.8, 4) is 0 Å². The fourth-order valence-electron chi connectivity index (χ4n) is 10.7. The average Bonchev–Trinajstić information content (AvgIpc) is 3.41. The normalized spacial score (nSPS) is 67.3. The molecule has 4 saturated carbocycles. The van der Waals surface area contributed by atoms with Gasteiger partial charge < -0.3 is 19.3 Å². The Kier molecular flexibility index (Phi) is 4.55. The molecule has 4 aliphatic carbocycles. The van der Waals surface area contributed by atoms with Gasteiger partial charge in [0.2, 0.25) is 0 Å². The Labute approximate surface area is 201 Å². The highest BCUT2D eigenvalue weighted by molar-refractivity contribution is 9.09. The topological polar surface area (TPSA) is 51.2 Å². The van der Waals surface area contributed by atoms with Crippen LogP contribution >= 0.6 is 15.9 Å². The standard InChI is InChI=1S/C27H41BrO4/c1-13-9-20(28)27(30-12-13)14(2)21-19(32-27)11-18-17-6-5-15-10-16(29)7-8-25(15,3)22(17)23-24(31-23)26(18,21)4/h13-24,29H,5-12H2,1-4H3/t13-,14+,15+,16+,17+,18+,19+,20?,21+,22-,23-,24-,25+,26+,27+/m1/s1. The molecule has 32 heavy (non-hydrogen) atoms. The van der Waals surface area contributed by atoms with Gasteiger partial charge in [-0.25, -0.2) is 0 Å². The molecule has 7 rings (SSSR count). The van der Waals surface area contributed by atoms with Crippen LogP contribution in [0.15, 0.2) is 0 Å². The second-order valence-corrected chi connectivity index (χ2v) is 14.5. The number of aliphatic hydroxyl groups is 1. The highest BCUT2D eigenvalue weighted by Crippen LogP contribution is 2.75. The van der Waals surface area contributed by atoms with Crippen LogP contribution in [0.2, 0.25) is 0 Å². The number of hydrogen-bond donors (Lipinski definition) is 1. The van der Waals surface area contributed by atoms with Crippen molar-refractivity contribution in [1.29, 1.82) is 0 Å². The Morgan fingerprint density at radius 2 is 1.81 bits per heavy atom. The molecule has 0 aromatic heterocycles. The zero-order valence-electron chi connectivity index (χ0n) is 20.1. The molecule has 0 aromatic rings. The summed E-state index contributed by atoms with van der Waals surface area (Å²) in [5.41, 5.74) is 0.549. The van der Waals surface area contributed by atoms with Gasteiger partial charge in [0, 0.05) is 17.3 Å². The van der Waals surface area contributed by atoms with Crippen LogP contribution < -0.4 is 0 Å². The molecule has 7 aliphatic rings. The molecule has 15 atom stereocenters. The number of ether oxygens (including phenoxy) is 3. The van der Waals surface area contributed by atoms with Crippen LogP contribution in [0.5, 0.6) is 0 Å². The number of alkyl halides is 1. The molecular formula is C27H41BrO4. The smallest absolute Gasteiger partial charge is 0.184 e. The molecule has 5 heteroatoms. The van der Waals surface area contributed by atoms with E-state index in [1.807, 2.05) is 0 Å². The molecule has 7 fully saturated rings. The van der Waals surface area contributed by atoms with Crippen molar-refractivity contribution in [2.75, 3.05) is 6.61 Å². The van der Waals surface area contributed by atoms with E-state index < -0.39 is 5.79 Å². The van der Waals surface area contributed by atoms with E-state index in [0.717, 1.165) is 31.8 Å². The van der Waals surface area contributed by atoms with E-state index in [4.69, 9.17) is 14.2 Å². The monoisotopic (exact) mass is 508 g/mol. The third kappa shape index (κ3) is 2.49. The molecule has 1 spiro atoms. The summed E-state index contributed by atoms with van der Waals surface area (Å²) in [4.78, 5) is 0.275. The maximum absolute atomic E-state index is 10.4. The summed E-state index contributed by atoms with van der Waals surface area (Å²) in [5.74, 6) is 3.84. The zero-order valence-corrected chi connectivity index (χ0v) is 21.7. The first-order chi connectivity index (χ1) is 15.2. The van der Waals surface area contributed by atoms with Crippen molar-refractivity contribution in [3.63, 3.8) is 0 Å². The van der Waals surface area contributed by atoms with E-state index in [9.17, 15) is 5.11 Å². The summed E-state index contributed by atoms with van der Waals surface area (Å²) in [7, 11) is 0. The molecule has 3 heterocycles. The van der Waals surface area contributed by atoms with Gasteiger partial charge in [0.05, 0.1) is 35.8 Å². The molecule has 3 saturated heterocycles. The quantitative estimate of drug-likeness (QED) is 0.362. The minimum absolute atomic E-state index is 0.0823. The largest absolute Gasteiger partial charge is 0.393 e. The first-order valence-electron chi connectivity index (χ1n) is 13.5. The predicted molar refractivity (Wildman–Crippen MR) is 125 cm³/mol. The minimum atomic E-state index is -0.458. The number of hydrogen-bond acceptors (Lipinski definition) is 4. The minimum Gasteiger partial charge on any atom is -0.393 e. The molecule has 180 valence electrons. The molecule has 0 amide bonds. The highest BCUT2D eigenvalue weighted by Gasteiger charge is 2.78. The van der Waals surface area contributed by atoms with E-state index in [-0.39, 0.29) is 16.3 Å². The van der Waals surface area contributed by atoms with Crippen molar-refractivity contribution in [2.24, 2.45) is 52.3 Å². The highest BCUT2D eigenvalue weighted by atomic mass is 79.9. The van der Waals surface area contributed by atoms with Gasteiger partial charge in [0.15, 0.2) is 5.79 Å². The van der Waals surface area contributed by atoms with Crippen LogP contribution in [0.4, 0.5) is 0 Å². The number of halogens is 1. The Balaban J connectivity index is 1.21. The Morgan fingerprint density at radius 1 is 1.00 bits per heavy atom. The molecule has 0 aromatic carbocycles. The van der Waals surface area contributed by atoms with Crippen LogP contribution in [-0.4, -0.2) is 46.7 Å². The number of rotatable bonds is 0. The lowest BCUT2D eigenvalue weighted by molar-refractivity contribution is -0.267. The van der Waals surface area contributed by atoms with Gasteiger partial charge in [-0.2, -0.15) is 0 Å². The van der Waals surface area contributed by atoms with Gasteiger partial charge >= 0.3 is 0 Å². The van der Waals surface area contributed by atoms with Gasteiger partial charge in [-0.1, -0.05) is 43.6 Å². The second-order valence-electron chi connectivity index (χ2n) is 13.4. The van der Waals surface area contributed by atoms with Crippen molar-refractivity contribution in [3.05, 3.63) is 0 Å².